The second-order valence-corrected chi connectivity index (χ2v) is 7.52. The number of hydrogen-bond donors (Lipinski definition) is 2. The molecule has 4 aromatic rings. The maximum Gasteiger partial charge on any atom is 0.336 e. The number of carboxylic acid groups (broad SMARTS) is 1. The summed E-state index contributed by atoms with van der Waals surface area (Å²) in [5, 5.41) is 13.5. The van der Waals surface area contributed by atoms with E-state index in [0.717, 1.165) is 0 Å². The predicted molar refractivity (Wildman–Crippen MR) is 126 cm³/mol. The third-order valence-electron chi connectivity index (χ3n) is 4.89. The Morgan fingerprint density at radius 2 is 1.76 bits per heavy atom. The molecule has 4 rings (SSSR count). The number of aromatic nitrogens is 1. The molecular formula is C25H19ClN2O5. The average Bonchev–Trinajstić information content (AvgIpc) is 2.83. The van der Waals surface area contributed by atoms with Crippen LogP contribution < -0.4 is 14.8 Å². The molecule has 0 aliphatic carbocycles. The molecule has 0 spiro atoms. The van der Waals surface area contributed by atoms with E-state index < -0.39 is 5.97 Å². The average molecular weight is 463 g/mol. The fourth-order valence-electron chi connectivity index (χ4n) is 3.32. The van der Waals surface area contributed by atoms with Gasteiger partial charge in [-0.05, 0) is 54.6 Å². The summed E-state index contributed by atoms with van der Waals surface area (Å²) in [4.78, 5) is 28.6. The van der Waals surface area contributed by atoms with Crippen LogP contribution in [0.15, 0.2) is 72.8 Å². The van der Waals surface area contributed by atoms with Crippen LogP contribution in [0.3, 0.4) is 0 Å². The zero-order valence-electron chi connectivity index (χ0n) is 17.5. The smallest absolute Gasteiger partial charge is 0.336 e. The maximum atomic E-state index is 12.2. The van der Waals surface area contributed by atoms with Gasteiger partial charge in [0.2, 0.25) is 0 Å². The Balaban J connectivity index is 1.55. The number of nitrogens with zero attached hydrogens (tertiary/aromatic N) is 1. The number of rotatable bonds is 7. The number of ether oxygens (including phenoxy) is 2. The summed E-state index contributed by atoms with van der Waals surface area (Å²) in [6, 6.07) is 20.4. The number of hydrogen-bond acceptors (Lipinski definition) is 5. The van der Waals surface area contributed by atoms with Crippen LogP contribution >= 0.6 is 11.6 Å². The molecule has 1 heterocycles. The minimum atomic E-state index is -1.03. The van der Waals surface area contributed by atoms with Gasteiger partial charge in [0.25, 0.3) is 5.91 Å². The van der Waals surface area contributed by atoms with Crippen LogP contribution in [0.4, 0.5) is 5.69 Å². The van der Waals surface area contributed by atoms with E-state index >= 15 is 0 Å². The normalized spacial score (nSPS) is 10.6. The number of para-hydroxylation sites is 1. The van der Waals surface area contributed by atoms with Crippen LogP contribution in [-0.4, -0.2) is 35.7 Å². The van der Waals surface area contributed by atoms with Crippen LogP contribution in [-0.2, 0) is 4.79 Å². The first-order valence-corrected chi connectivity index (χ1v) is 10.3. The monoisotopic (exact) mass is 462 g/mol. The number of halogens is 1. The topological polar surface area (TPSA) is 97.8 Å². The zero-order valence-corrected chi connectivity index (χ0v) is 18.3. The van der Waals surface area contributed by atoms with Crippen molar-refractivity contribution < 1.29 is 24.2 Å². The lowest BCUT2D eigenvalue weighted by Gasteiger charge is -2.13. The van der Waals surface area contributed by atoms with Crippen LogP contribution in [0, 0.1) is 0 Å². The van der Waals surface area contributed by atoms with Crippen molar-refractivity contribution in [1.29, 1.82) is 0 Å². The number of nitrogens with one attached hydrogen (secondary N) is 1. The lowest BCUT2D eigenvalue weighted by atomic mass is 10.0. The van der Waals surface area contributed by atoms with E-state index in [1.807, 2.05) is 0 Å². The van der Waals surface area contributed by atoms with Gasteiger partial charge in [-0.1, -0.05) is 29.8 Å². The third kappa shape index (κ3) is 5.05. The summed E-state index contributed by atoms with van der Waals surface area (Å²) in [5.41, 5.74) is 2.47. The van der Waals surface area contributed by atoms with Crippen molar-refractivity contribution in [2.45, 2.75) is 0 Å². The van der Waals surface area contributed by atoms with Gasteiger partial charge >= 0.3 is 5.97 Å². The SMILES string of the molecule is COc1cc(-c2cc(C(=O)O)c3ccccc3n2)ccc1OCC(=O)Nc1ccc(Cl)cc1. The fourth-order valence-corrected chi connectivity index (χ4v) is 3.45. The lowest BCUT2D eigenvalue weighted by molar-refractivity contribution is -0.118. The summed E-state index contributed by atoms with van der Waals surface area (Å²) in [5.74, 6) is -0.621. The molecule has 7 nitrogen and oxygen atoms in total. The van der Waals surface area contributed by atoms with E-state index in [4.69, 9.17) is 21.1 Å². The van der Waals surface area contributed by atoms with E-state index in [1.54, 1.807) is 66.7 Å². The van der Waals surface area contributed by atoms with E-state index in [9.17, 15) is 14.7 Å². The fraction of sp³-hybridized carbons (Fsp3) is 0.0800. The first kappa shape index (κ1) is 22.1. The highest BCUT2D eigenvalue weighted by Gasteiger charge is 2.15. The highest BCUT2D eigenvalue weighted by molar-refractivity contribution is 6.30. The molecule has 0 bridgehead atoms. The third-order valence-corrected chi connectivity index (χ3v) is 5.14. The summed E-state index contributed by atoms with van der Waals surface area (Å²) >= 11 is 5.85. The summed E-state index contributed by atoms with van der Waals surface area (Å²) in [6.07, 6.45) is 0. The van der Waals surface area contributed by atoms with Crippen molar-refractivity contribution >= 4 is 40.1 Å². The first-order chi connectivity index (χ1) is 15.9. The number of carboxylic acids is 1. The summed E-state index contributed by atoms with van der Waals surface area (Å²) in [6.45, 7) is -0.226. The molecule has 0 aliphatic rings. The van der Waals surface area contributed by atoms with E-state index in [-0.39, 0.29) is 18.1 Å². The summed E-state index contributed by atoms with van der Waals surface area (Å²) in [7, 11) is 1.48. The highest BCUT2D eigenvalue weighted by atomic mass is 35.5. The zero-order chi connectivity index (χ0) is 23.4. The van der Waals surface area contributed by atoms with E-state index in [2.05, 4.69) is 10.3 Å². The number of anilines is 1. The number of pyridine rings is 1. The Hall–Kier alpha value is -4.10. The van der Waals surface area contributed by atoms with Crippen molar-refractivity contribution in [2.75, 3.05) is 19.0 Å². The van der Waals surface area contributed by atoms with Crippen LogP contribution in [0.2, 0.25) is 5.02 Å². The predicted octanol–water partition coefficient (Wildman–Crippen LogP) is 5.28. The number of carbonyl (C=O) groups is 2. The standard InChI is InChI=1S/C25H19ClN2O5/c1-32-23-12-15(21-13-19(25(30)31)18-4-2-3-5-20(18)28-21)6-11-22(23)33-14-24(29)27-17-9-7-16(26)8-10-17/h2-13H,14H2,1H3,(H,27,29)(H,30,31). The number of amides is 1. The molecule has 2 N–H and O–H groups in total. The van der Waals surface area contributed by atoms with Gasteiger partial charge in [-0.15, -0.1) is 0 Å². The van der Waals surface area contributed by atoms with Gasteiger partial charge in [-0.25, -0.2) is 9.78 Å². The molecule has 1 aromatic heterocycles. The van der Waals surface area contributed by atoms with Crippen molar-refractivity contribution in [2.24, 2.45) is 0 Å². The van der Waals surface area contributed by atoms with E-state index in [0.29, 0.717) is 44.4 Å². The van der Waals surface area contributed by atoms with Gasteiger partial charge in [-0.3, -0.25) is 4.79 Å². The Kier molecular flexibility index (Phi) is 6.42. The van der Waals surface area contributed by atoms with Gasteiger partial charge in [0.1, 0.15) is 0 Å². The second kappa shape index (κ2) is 9.58. The maximum absolute atomic E-state index is 12.2. The number of aromatic carboxylic acids is 1. The van der Waals surface area contributed by atoms with E-state index in [1.165, 1.54) is 13.2 Å². The number of benzene rings is 3. The minimum absolute atomic E-state index is 0.161. The molecule has 0 saturated heterocycles. The van der Waals surface area contributed by atoms with Gasteiger partial charge in [-0.2, -0.15) is 0 Å². The molecule has 33 heavy (non-hydrogen) atoms. The Labute approximate surface area is 194 Å². The van der Waals surface area contributed by atoms with Crippen LogP contribution in [0.5, 0.6) is 11.5 Å². The molecule has 0 fully saturated rings. The number of fused-ring (bicyclic) bond motifs is 1. The molecule has 0 saturated carbocycles. The molecule has 0 radical (unpaired) electrons. The van der Waals surface area contributed by atoms with Crippen molar-refractivity contribution in [3.8, 4) is 22.8 Å². The molecular weight excluding hydrogens is 444 g/mol. The van der Waals surface area contributed by atoms with Crippen molar-refractivity contribution in [3.63, 3.8) is 0 Å². The minimum Gasteiger partial charge on any atom is -0.493 e. The summed E-state index contributed by atoms with van der Waals surface area (Å²) < 4.78 is 11.1. The Morgan fingerprint density at radius 1 is 1.00 bits per heavy atom. The quantitative estimate of drug-likeness (QED) is 0.388. The lowest BCUT2D eigenvalue weighted by Crippen LogP contribution is -2.20. The van der Waals surface area contributed by atoms with Gasteiger partial charge < -0.3 is 19.9 Å². The molecule has 0 atom stereocenters. The van der Waals surface area contributed by atoms with Crippen molar-refractivity contribution in [3.05, 3.63) is 83.4 Å². The first-order valence-electron chi connectivity index (χ1n) is 9.94. The van der Waals surface area contributed by atoms with Gasteiger partial charge in [0.15, 0.2) is 18.1 Å². The largest absolute Gasteiger partial charge is 0.493 e. The molecule has 0 unspecified atom stereocenters. The van der Waals surface area contributed by atoms with Crippen LogP contribution in [0.25, 0.3) is 22.2 Å². The van der Waals surface area contributed by atoms with Gasteiger partial charge in [0, 0.05) is 21.7 Å². The molecule has 3 aromatic carbocycles. The number of carbonyl (C=O) groups excluding carboxylic acids is 1. The highest BCUT2D eigenvalue weighted by Crippen LogP contribution is 2.33. The number of methoxy groups -OCH3 is 1. The molecule has 166 valence electrons. The molecule has 0 aliphatic heterocycles. The van der Waals surface area contributed by atoms with Gasteiger partial charge in [0.05, 0.1) is 23.9 Å². The molecule has 8 heteroatoms. The Bertz CT molecular complexity index is 1340. The second-order valence-electron chi connectivity index (χ2n) is 7.09. The molecule has 1 amide bonds. The Morgan fingerprint density at radius 3 is 2.48 bits per heavy atom. The van der Waals surface area contributed by atoms with Crippen LogP contribution in [0.1, 0.15) is 10.4 Å². The van der Waals surface area contributed by atoms with Crippen molar-refractivity contribution in [1.82, 2.24) is 4.98 Å².